The molecule has 1 aromatic heterocycles. The molecule has 0 saturated heterocycles. The summed E-state index contributed by atoms with van der Waals surface area (Å²) in [4.78, 5) is 11.1. The molecule has 1 heterocycles. The fourth-order valence-corrected chi connectivity index (χ4v) is 0.825. The van der Waals surface area contributed by atoms with E-state index in [1.807, 2.05) is 13.8 Å². The molecule has 0 aliphatic rings. The molecule has 1 amide bonds. The van der Waals surface area contributed by atoms with Crippen LogP contribution in [0.5, 0.6) is 0 Å². The van der Waals surface area contributed by atoms with Crippen molar-refractivity contribution in [1.29, 1.82) is 0 Å². The predicted molar refractivity (Wildman–Crippen MR) is 41.3 cm³/mol. The van der Waals surface area contributed by atoms with E-state index in [-0.39, 0.29) is 5.91 Å². The largest absolute Gasteiger partial charge is 0.351 e. The lowest BCUT2D eigenvalue weighted by Crippen LogP contribution is -2.23. The van der Waals surface area contributed by atoms with Crippen LogP contribution in [-0.4, -0.2) is 22.6 Å². The summed E-state index contributed by atoms with van der Waals surface area (Å²) in [6, 6.07) is 0. The van der Waals surface area contributed by atoms with Crippen LogP contribution < -0.4 is 5.32 Å². The molecule has 11 heavy (non-hydrogen) atoms. The Balaban J connectivity index is 2.76. The summed E-state index contributed by atoms with van der Waals surface area (Å²) in [5.74, 6) is -0.0949. The quantitative estimate of drug-likeness (QED) is 0.648. The average molecular weight is 153 g/mol. The van der Waals surface area contributed by atoms with E-state index < -0.39 is 0 Å². The molecule has 0 atom stereocenters. The third-order valence-electron chi connectivity index (χ3n) is 1.39. The molecular weight excluding hydrogens is 142 g/mol. The van der Waals surface area contributed by atoms with E-state index in [1.54, 1.807) is 6.20 Å². The van der Waals surface area contributed by atoms with Crippen molar-refractivity contribution < 1.29 is 4.79 Å². The zero-order valence-corrected chi connectivity index (χ0v) is 6.64. The lowest BCUT2D eigenvalue weighted by atomic mass is 10.3. The van der Waals surface area contributed by atoms with Gasteiger partial charge in [-0.25, -0.2) is 0 Å². The molecule has 4 heteroatoms. The van der Waals surface area contributed by atoms with Gasteiger partial charge in [-0.1, -0.05) is 0 Å². The van der Waals surface area contributed by atoms with Crippen LogP contribution in [0.1, 0.15) is 23.0 Å². The number of amides is 1. The second kappa shape index (κ2) is 3.18. The minimum atomic E-state index is -0.0949. The number of hydrogen-bond donors (Lipinski definition) is 2. The Morgan fingerprint density at radius 2 is 2.55 bits per heavy atom. The van der Waals surface area contributed by atoms with Gasteiger partial charge in [0.15, 0.2) is 0 Å². The first-order chi connectivity index (χ1) is 5.25. The number of nitrogens with zero attached hydrogens (tertiary/aromatic N) is 1. The molecule has 0 spiro atoms. The molecule has 0 radical (unpaired) electrons. The highest BCUT2D eigenvalue weighted by Crippen LogP contribution is 2.00. The summed E-state index contributed by atoms with van der Waals surface area (Å²) < 4.78 is 0. The Bertz CT molecular complexity index is 254. The van der Waals surface area contributed by atoms with Crippen LogP contribution in [0.15, 0.2) is 6.20 Å². The predicted octanol–water partition coefficient (Wildman–Crippen LogP) is 0.468. The van der Waals surface area contributed by atoms with Crippen molar-refractivity contribution >= 4 is 5.91 Å². The van der Waals surface area contributed by atoms with E-state index in [2.05, 4.69) is 15.5 Å². The van der Waals surface area contributed by atoms with E-state index in [0.29, 0.717) is 12.2 Å². The molecule has 0 aliphatic carbocycles. The number of carbonyl (C=O) groups excluding carboxylic acids is 1. The molecule has 0 aliphatic heterocycles. The lowest BCUT2D eigenvalue weighted by Gasteiger charge is -1.98. The summed E-state index contributed by atoms with van der Waals surface area (Å²) in [5.41, 5.74) is 1.42. The van der Waals surface area contributed by atoms with Gasteiger partial charge in [0.05, 0.1) is 6.20 Å². The molecule has 0 aromatic carbocycles. The first kappa shape index (κ1) is 7.78. The topological polar surface area (TPSA) is 57.8 Å². The Kier molecular flexibility index (Phi) is 2.25. The number of nitrogens with one attached hydrogen (secondary N) is 2. The fraction of sp³-hybridized carbons (Fsp3) is 0.429. The first-order valence-corrected chi connectivity index (χ1v) is 3.54. The first-order valence-electron chi connectivity index (χ1n) is 3.54. The van der Waals surface area contributed by atoms with E-state index in [9.17, 15) is 4.79 Å². The van der Waals surface area contributed by atoms with Crippen molar-refractivity contribution in [2.75, 3.05) is 6.54 Å². The summed E-state index contributed by atoms with van der Waals surface area (Å²) in [5, 5.41) is 9.05. The summed E-state index contributed by atoms with van der Waals surface area (Å²) in [7, 11) is 0. The van der Waals surface area contributed by atoms with Gasteiger partial charge in [0.25, 0.3) is 5.91 Å². The zero-order chi connectivity index (χ0) is 8.27. The number of carbonyl (C=O) groups is 1. The lowest BCUT2D eigenvalue weighted by molar-refractivity contribution is 0.0950. The highest BCUT2D eigenvalue weighted by Gasteiger charge is 2.08. The molecule has 0 saturated carbocycles. The van der Waals surface area contributed by atoms with Gasteiger partial charge >= 0.3 is 0 Å². The molecule has 4 nitrogen and oxygen atoms in total. The molecule has 1 rings (SSSR count). The second-order valence-electron chi connectivity index (χ2n) is 2.29. The van der Waals surface area contributed by atoms with Crippen molar-refractivity contribution in [3.8, 4) is 0 Å². The van der Waals surface area contributed by atoms with Crippen LogP contribution in [-0.2, 0) is 0 Å². The summed E-state index contributed by atoms with van der Waals surface area (Å²) in [6.07, 6.45) is 1.63. The minimum Gasteiger partial charge on any atom is -0.351 e. The number of rotatable bonds is 2. The Morgan fingerprint density at radius 3 is 3.00 bits per heavy atom. The molecular formula is C7H11N3O. The summed E-state index contributed by atoms with van der Waals surface area (Å²) >= 11 is 0. The SMILES string of the molecule is CCNC(=O)c1[nH]ncc1C. The highest BCUT2D eigenvalue weighted by molar-refractivity contribution is 5.93. The zero-order valence-electron chi connectivity index (χ0n) is 6.64. The minimum absolute atomic E-state index is 0.0949. The van der Waals surface area contributed by atoms with E-state index >= 15 is 0 Å². The van der Waals surface area contributed by atoms with E-state index in [4.69, 9.17) is 0 Å². The molecule has 1 aromatic rings. The third-order valence-corrected chi connectivity index (χ3v) is 1.39. The van der Waals surface area contributed by atoms with Gasteiger partial charge in [-0.2, -0.15) is 5.10 Å². The van der Waals surface area contributed by atoms with Crippen LogP contribution >= 0.6 is 0 Å². The molecule has 2 N–H and O–H groups in total. The van der Waals surface area contributed by atoms with Crippen LogP contribution in [0.3, 0.4) is 0 Å². The van der Waals surface area contributed by atoms with Crippen LogP contribution in [0.4, 0.5) is 0 Å². The van der Waals surface area contributed by atoms with Gasteiger partial charge in [-0.05, 0) is 19.4 Å². The van der Waals surface area contributed by atoms with Gasteiger partial charge in [0.1, 0.15) is 5.69 Å². The monoisotopic (exact) mass is 153 g/mol. The smallest absolute Gasteiger partial charge is 0.269 e. The average Bonchev–Trinajstić information content (AvgIpc) is 2.36. The maximum atomic E-state index is 11.1. The molecule has 60 valence electrons. The van der Waals surface area contributed by atoms with Crippen LogP contribution in [0.25, 0.3) is 0 Å². The Morgan fingerprint density at radius 1 is 1.82 bits per heavy atom. The maximum Gasteiger partial charge on any atom is 0.269 e. The van der Waals surface area contributed by atoms with Gasteiger partial charge < -0.3 is 5.32 Å². The van der Waals surface area contributed by atoms with E-state index in [0.717, 1.165) is 5.56 Å². The van der Waals surface area contributed by atoms with Crippen LogP contribution in [0.2, 0.25) is 0 Å². The Labute approximate surface area is 65.0 Å². The fourth-order valence-electron chi connectivity index (χ4n) is 0.825. The van der Waals surface area contributed by atoms with Crippen molar-refractivity contribution in [1.82, 2.24) is 15.5 Å². The highest BCUT2D eigenvalue weighted by atomic mass is 16.1. The van der Waals surface area contributed by atoms with Crippen LogP contribution in [0, 0.1) is 6.92 Å². The van der Waals surface area contributed by atoms with Gasteiger partial charge in [0.2, 0.25) is 0 Å². The molecule has 0 bridgehead atoms. The number of H-pyrrole nitrogens is 1. The van der Waals surface area contributed by atoms with Crippen molar-refractivity contribution in [2.45, 2.75) is 13.8 Å². The number of aryl methyl sites for hydroxylation is 1. The third kappa shape index (κ3) is 1.58. The second-order valence-corrected chi connectivity index (χ2v) is 2.29. The van der Waals surface area contributed by atoms with Gasteiger partial charge in [-0.15, -0.1) is 0 Å². The van der Waals surface area contributed by atoms with Crippen molar-refractivity contribution in [2.24, 2.45) is 0 Å². The number of aromatic amines is 1. The van der Waals surface area contributed by atoms with E-state index in [1.165, 1.54) is 0 Å². The van der Waals surface area contributed by atoms with Gasteiger partial charge in [0, 0.05) is 6.54 Å². The number of aromatic nitrogens is 2. The number of hydrogen-bond acceptors (Lipinski definition) is 2. The summed E-state index contributed by atoms with van der Waals surface area (Å²) in [6.45, 7) is 4.36. The van der Waals surface area contributed by atoms with Crippen molar-refractivity contribution in [3.63, 3.8) is 0 Å². The molecule has 0 unspecified atom stereocenters. The van der Waals surface area contributed by atoms with Crippen molar-refractivity contribution in [3.05, 3.63) is 17.5 Å². The maximum absolute atomic E-state index is 11.1. The molecule has 0 fully saturated rings. The Hall–Kier alpha value is -1.32. The standard InChI is InChI=1S/C7H11N3O/c1-3-8-7(11)6-5(2)4-9-10-6/h4H,3H2,1-2H3,(H,8,11)(H,9,10). The normalized spacial score (nSPS) is 9.64. The van der Waals surface area contributed by atoms with Gasteiger partial charge in [-0.3, -0.25) is 9.89 Å².